The van der Waals surface area contributed by atoms with Crippen LogP contribution in [-0.2, 0) is 9.47 Å². The van der Waals surface area contributed by atoms with Crippen LogP contribution in [0.25, 0.3) is 43.9 Å². The third-order valence-corrected chi connectivity index (χ3v) is 7.92. The molecule has 0 radical (unpaired) electrons. The Bertz CT molecular complexity index is 1680. The predicted octanol–water partition coefficient (Wildman–Crippen LogP) is 7.39. The summed E-state index contributed by atoms with van der Waals surface area (Å²) in [6.07, 6.45) is 0.681. The molecular formula is C34H41ClN6O4. The van der Waals surface area contributed by atoms with Gasteiger partial charge >= 0.3 is 0 Å². The highest BCUT2D eigenvalue weighted by atomic mass is 35.5. The number of carbonyl (C=O) groups is 1. The molecule has 238 valence electrons. The lowest BCUT2D eigenvalue weighted by molar-refractivity contribution is 0.0511. The smallest absolute Gasteiger partial charge is 0.251 e. The summed E-state index contributed by atoms with van der Waals surface area (Å²) in [4.78, 5) is 22.5. The van der Waals surface area contributed by atoms with Gasteiger partial charge in [-0.05, 0) is 68.6 Å². The Balaban J connectivity index is 1.68. The van der Waals surface area contributed by atoms with Crippen LogP contribution in [0, 0.1) is 0 Å². The normalized spacial score (nSPS) is 13.0. The molecule has 1 amide bonds. The van der Waals surface area contributed by atoms with Crippen LogP contribution in [0.2, 0.25) is 0 Å². The SMILES string of the molecule is CCN(CC)c1ccc2c(-c3ccccc3C(=O)NCCOCCOCCN=[N+]=[N-])c3cc/c(=N/C(C)(Cl)CC)cc-3oc2c1. The topological polar surface area (TPSA) is 125 Å². The van der Waals surface area contributed by atoms with Gasteiger partial charge in [0, 0.05) is 71.0 Å². The minimum atomic E-state index is -0.724. The van der Waals surface area contributed by atoms with E-state index >= 15 is 0 Å². The van der Waals surface area contributed by atoms with Crippen LogP contribution in [0.4, 0.5) is 5.69 Å². The Morgan fingerprint density at radius 1 is 1.00 bits per heavy atom. The van der Waals surface area contributed by atoms with Gasteiger partial charge in [0.05, 0.1) is 31.8 Å². The van der Waals surface area contributed by atoms with E-state index in [2.05, 4.69) is 52.3 Å². The average Bonchev–Trinajstić information content (AvgIpc) is 3.04. The Morgan fingerprint density at radius 2 is 1.76 bits per heavy atom. The number of anilines is 1. The van der Waals surface area contributed by atoms with Crippen LogP contribution in [0.5, 0.6) is 0 Å². The van der Waals surface area contributed by atoms with Crippen LogP contribution < -0.4 is 15.6 Å². The number of benzene rings is 3. The average molecular weight is 633 g/mol. The lowest BCUT2D eigenvalue weighted by atomic mass is 9.90. The molecule has 0 saturated heterocycles. The van der Waals surface area contributed by atoms with E-state index in [1.165, 1.54) is 0 Å². The van der Waals surface area contributed by atoms with Crippen LogP contribution >= 0.6 is 11.6 Å². The number of carbonyl (C=O) groups excluding carboxylic acids is 1. The molecule has 0 saturated carbocycles. The van der Waals surface area contributed by atoms with Crippen molar-refractivity contribution in [2.24, 2.45) is 10.1 Å². The van der Waals surface area contributed by atoms with Crippen molar-refractivity contribution in [3.05, 3.63) is 82.0 Å². The number of hydrogen-bond acceptors (Lipinski definition) is 7. The van der Waals surface area contributed by atoms with Crippen LogP contribution in [0.3, 0.4) is 0 Å². The molecule has 1 N–H and O–H groups in total. The van der Waals surface area contributed by atoms with Gasteiger partial charge in [-0.3, -0.25) is 9.79 Å². The number of halogens is 1. The fraction of sp³-hybridized carbons (Fsp3) is 0.412. The van der Waals surface area contributed by atoms with E-state index in [1.807, 2.05) is 56.3 Å². The second kappa shape index (κ2) is 16.3. The third kappa shape index (κ3) is 8.77. The highest BCUT2D eigenvalue weighted by Crippen LogP contribution is 2.42. The lowest BCUT2D eigenvalue weighted by Gasteiger charge is -2.23. The number of nitrogens with zero attached hydrogens (tertiary/aromatic N) is 5. The van der Waals surface area contributed by atoms with Gasteiger partial charge in [-0.25, -0.2) is 0 Å². The number of fused-ring (bicyclic) bond motifs is 2. The monoisotopic (exact) mass is 632 g/mol. The number of ether oxygens (including phenoxy) is 2. The van der Waals surface area contributed by atoms with Crippen molar-refractivity contribution < 1.29 is 18.7 Å². The van der Waals surface area contributed by atoms with Gasteiger partial charge in [0.25, 0.3) is 5.91 Å². The van der Waals surface area contributed by atoms with E-state index in [-0.39, 0.29) is 12.5 Å². The maximum atomic E-state index is 13.5. The van der Waals surface area contributed by atoms with Crippen molar-refractivity contribution in [2.45, 2.75) is 39.1 Å². The molecular weight excluding hydrogens is 592 g/mol. The first-order chi connectivity index (χ1) is 21.8. The molecule has 1 aliphatic heterocycles. The van der Waals surface area contributed by atoms with E-state index in [9.17, 15) is 4.79 Å². The minimum Gasteiger partial charge on any atom is -0.456 e. The van der Waals surface area contributed by atoms with Gasteiger partial charge in [-0.2, -0.15) is 0 Å². The van der Waals surface area contributed by atoms with Crippen molar-refractivity contribution in [2.75, 3.05) is 57.5 Å². The molecule has 0 fully saturated rings. The summed E-state index contributed by atoms with van der Waals surface area (Å²) in [5, 5.41) is 8.03. The first-order valence-electron chi connectivity index (χ1n) is 15.4. The van der Waals surface area contributed by atoms with Crippen molar-refractivity contribution in [1.29, 1.82) is 0 Å². The molecule has 45 heavy (non-hydrogen) atoms. The van der Waals surface area contributed by atoms with Crippen molar-refractivity contribution in [3.8, 4) is 22.5 Å². The van der Waals surface area contributed by atoms with Crippen LogP contribution in [0.1, 0.15) is 44.5 Å². The summed E-state index contributed by atoms with van der Waals surface area (Å²) in [6.45, 7) is 11.9. The third-order valence-electron chi connectivity index (χ3n) is 7.57. The number of alkyl halides is 1. The molecule has 0 bridgehead atoms. The quantitative estimate of drug-likeness (QED) is 0.0262. The summed E-state index contributed by atoms with van der Waals surface area (Å²) in [5.74, 6) is 0.457. The Hall–Kier alpha value is -4.08. The standard InChI is InChI=1S/C34H41ClN6O4/c1-5-34(4,35)39-24-12-14-28-30(22-24)45-31-23-25(41(6-2)7-3)13-15-29(31)32(28)26-10-8-9-11-27(26)33(42)37-16-18-43-20-21-44-19-17-38-40-36/h8-15,22-23H,5-7,16-21H2,1-4H3,(H,37,42)/b39-24-. The maximum Gasteiger partial charge on any atom is 0.251 e. The molecule has 1 atom stereocenters. The largest absolute Gasteiger partial charge is 0.456 e. The van der Waals surface area contributed by atoms with Crippen molar-refractivity contribution in [3.63, 3.8) is 0 Å². The summed E-state index contributed by atoms with van der Waals surface area (Å²) < 4.78 is 17.5. The van der Waals surface area contributed by atoms with E-state index in [0.29, 0.717) is 56.3 Å². The fourth-order valence-electron chi connectivity index (χ4n) is 5.06. The molecule has 1 aliphatic carbocycles. The summed E-state index contributed by atoms with van der Waals surface area (Å²) in [7, 11) is 0. The van der Waals surface area contributed by atoms with Gasteiger partial charge in [0.2, 0.25) is 0 Å². The summed E-state index contributed by atoms with van der Waals surface area (Å²) >= 11 is 6.60. The molecule has 2 aromatic rings. The van der Waals surface area contributed by atoms with Gasteiger partial charge < -0.3 is 24.1 Å². The molecule has 4 rings (SSSR count). The number of rotatable bonds is 16. The second-order valence-electron chi connectivity index (χ2n) is 10.6. The summed E-state index contributed by atoms with van der Waals surface area (Å²) in [6, 6.07) is 19.7. The van der Waals surface area contributed by atoms with Crippen molar-refractivity contribution in [1.82, 2.24) is 5.32 Å². The molecule has 2 aromatic carbocycles. The molecule has 1 unspecified atom stereocenters. The van der Waals surface area contributed by atoms with Crippen LogP contribution in [-0.4, -0.2) is 63.5 Å². The fourth-order valence-corrected chi connectivity index (χ4v) is 5.16. The number of amides is 1. The minimum absolute atomic E-state index is 0.200. The lowest BCUT2D eigenvalue weighted by Crippen LogP contribution is -2.28. The maximum absolute atomic E-state index is 13.5. The molecule has 1 heterocycles. The van der Waals surface area contributed by atoms with Crippen LogP contribution in [0.15, 0.2) is 75.2 Å². The zero-order valence-electron chi connectivity index (χ0n) is 26.4. The Morgan fingerprint density at radius 3 is 2.49 bits per heavy atom. The molecule has 0 aromatic heterocycles. The first kappa shape index (κ1) is 33.8. The van der Waals surface area contributed by atoms with E-state index < -0.39 is 5.00 Å². The molecule has 11 heteroatoms. The molecule has 10 nitrogen and oxygen atoms in total. The van der Waals surface area contributed by atoms with Crippen molar-refractivity contribution >= 4 is 34.2 Å². The van der Waals surface area contributed by atoms with Gasteiger partial charge in [-0.1, -0.05) is 41.8 Å². The highest BCUT2D eigenvalue weighted by Gasteiger charge is 2.22. The number of hydrogen-bond donors (Lipinski definition) is 1. The first-order valence-corrected chi connectivity index (χ1v) is 15.7. The zero-order valence-corrected chi connectivity index (χ0v) is 27.1. The summed E-state index contributed by atoms with van der Waals surface area (Å²) in [5.41, 5.74) is 13.2. The Kier molecular flexibility index (Phi) is 12.2. The molecule has 2 aliphatic rings. The predicted molar refractivity (Wildman–Crippen MR) is 180 cm³/mol. The van der Waals surface area contributed by atoms with Gasteiger partial charge in [-0.15, -0.1) is 0 Å². The van der Waals surface area contributed by atoms with E-state index in [0.717, 1.165) is 46.2 Å². The van der Waals surface area contributed by atoms with E-state index in [1.54, 1.807) is 0 Å². The Labute approximate surface area is 269 Å². The molecule has 0 spiro atoms. The van der Waals surface area contributed by atoms with Gasteiger partial charge in [0.15, 0.2) is 0 Å². The number of azide groups is 1. The number of nitrogens with one attached hydrogen (secondary N) is 1. The van der Waals surface area contributed by atoms with E-state index in [4.69, 9.17) is 36.0 Å². The second-order valence-corrected chi connectivity index (χ2v) is 11.4. The van der Waals surface area contributed by atoms with Gasteiger partial charge in [0.1, 0.15) is 16.3 Å². The highest BCUT2D eigenvalue weighted by molar-refractivity contribution is 6.23. The zero-order chi connectivity index (χ0) is 32.2.